The van der Waals surface area contributed by atoms with E-state index < -0.39 is 6.10 Å². The zero-order valence-electron chi connectivity index (χ0n) is 12.6. The van der Waals surface area contributed by atoms with Gasteiger partial charge < -0.3 is 14.6 Å². The quantitative estimate of drug-likeness (QED) is 0.915. The van der Waals surface area contributed by atoms with Crippen molar-refractivity contribution in [2.75, 3.05) is 33.4 Å². The van der Waals surface area contributed by atoms with Gasteiger partial charge >= 0.3 is 0 Å². The maximum absolute atomic E-state index is 9.81. The van der Waals surface area contributed by atoms with Crippen molar-refractivity contribution in [2.45, 2.75) is 32.4 Å². The highest BCUT2D eigenvalue weighted by atomic mass is 16.5. The van der Waals surface area contributed by atoms with Crippen molar-refractivity contribution in [3.63, 3.8) is 0 Å². The molecule has 1 saturated heterocycles. The normalized spacial score (nSPS) is 20.9. The largest absolute Gasteiger partial charge is 0.496 e. The first-order valence-corrected chi connectivity index (χ1v) is 7.25. The van der Waals surface area contributed by atoms with Crippen molar-refractivity contribution < 1.29 is 14.6 Å². The molecule has 0 aliphatic carbocycles. The summed E-state index contributed by atoms with van der Waals surface area (Å²) in [6, 6.07) is 6.37. The molecule has 0 radical (unpaired) electrons. The molecule has 1 aromatic rings. The second-order valence-corrected chi connectivity index (χ2v) is 5.69. The SMILES string of the molecule is COc1ccc(C(C)C)cc1CN1CCOC[C@@H](O)C1. The Kier molecular flexibility index (Phi) is 5.40. The Balaban J connectivity index is 2.15. The van der Waals surface area contributed by atoms with Crippen LogP contribution in [-0.2, 0) is 11.3 Å². The van der Waals surface area contributed by atoms with Gasteiger partial charge in [0.2, 0.25) is 0 Å². The molecule has 4 nitrogen and oxygen atoms in total. The number of hydrogen-bond donors (Lipinski definition) is 1. The lowest BCUT2D eigenvalue weighted by molar-refractivity contribution is 0.0562. The van der Waals surface area contributed by atoms with Crippen LogP contribution in [0, 0.1) is 0 Å². The van der Waals surface area contributed by atoms with Gasteiger partial charge in [0.25, 0.3) is 0 Å². The molecular formula is C16H25NO3. The Labute approximate surface area is 121 Å². The number of rotatable bonds is 4. The van der Waals surface area contributed by atoms with Gasteiger partial charge in [0, 0.05) is 25.2 Å². The van der Waals surface area contributed by atoms with Crippen LogP contribution in [0.25, 0.3) is 0 Å². The number of methoxy groups -OCH3 is 1. The molecule has 0 saturated carbocycles. The molecule has 1 heterocycles. The van der Waals surface area contributed by atoms with Gasteiger partial charge in [-0.1, -0.05) is 26.0 Å². The van der Waals surface area contributed by atoms with Gasteiger partial charge in [-0.3, -0.25) is 4.90 Å². The minimum absolute atomic E-state index is 0.406. The van der Waals surface area contributed by atoms with Gasteiger partial charge in [-0.15, -0.1) is 0 Å². The lowest BCUT2D eigenvalue weighted by atomic mass is 10.00. The Hall–Kier alpha value is -1.10. The fraction of sp³-hybridized carbons (Fsp3) is 0.625. The van der Waals surface area contributed by atoms with E-state index in [1.54, 1.807) is 7.11 Å². The van der Waals surface area contributed by atoms with E-state index >= 15 is 0 Å². The van der Waals surface area contributed by atoms with Crippen LogP contribution in [0.3, 0.4) is 0 Å². The zero-order valence-corrected chi connectivity index (χ0v) is 12.6. The van der Waals surface area contributed by atoms with Gasteiger partial charge in [0.1, 0.15) is 5.75 Å². The van der Waals surface area contributed by atoms with Crippen LogP contribution in [0.15, 0.2) is 18.2 Å². The van der Waals surface area contributed by atoms with Crippen molar-refractivity contribution in [1.82, 2.24) is 4.90 Å². The summed E-state index contributed by atoms with van der Waals surface area (Å²) in [7, 11) is 1.70. The van der Waals surface area contributed by atoms with Crippen LogP contribution >= 0.6 is 0 Å². The highest BCUT2D eigenvalue weighted by molar-refractivity contribution is 5.38. The third kappa shape index (κ3) is 3.95. The van der Waals surface area contributed by atoms with E-state index in [0.717, 1.165) is 18.8 Å². The maximum Gasteiger partial charge on any atom is 0.123 e. The number of ether oxygens (including phenoxy) is 2. The fourth-order valence-electron chi connectivity index (χ4n) is 2.52. The van der Waals surface area contributed by atoms with Crippen molar-refractivity contribution in [3.8, 4) is 5.75 Å². The Bertz CT molecular complexity index is 434. The molecule has 1 aromatic carbocycles. The summed E-state index contributed by atoms with van der Waals surface area (Å²) >= 11 is 0. The second kappa shape index (κ2) is 7.07. The lowest BCUT2D eigenvalue weighted by Gasteiger charge is -2.23. The Morgan fingerprint density at radius 3 is 2.95 bits per heavy atom. The zero-order chi connectivity index (χ0) is 14.5. The molecule has 20 heavy (non-hydrogen) atoms. The molecule has 0 unspecified atom stereocenters. The van der Waals surface area contributed by atoms with Crippen molar-refractivity contribution in [3.05, 3.63) is 29.3 Å². The van der Waals surface area contributed by atoms with E-state index in [1.807, 2.05) is 6.07 Å². The Morgan fingerprint density at radius 1 is 1.45 bits per heavy atom. The number of hydrogen-bond acceptors (Lipinski definition) is 4. The molecule has 0 amide bonds. The Morgan fingerprint density at radius 2 is 2.25 bits per heavy atom. The van der Waals surface area contributed by atoms with Crippen LogP contribution < -0.4 is 4.74 Å². The molecule has 1 aliphatic heterocycles. The van der Waals surface area contributed by atoms with Crippen LogP contribution in [0.2, 0.25) is 0 Å². The molecule has 1 N–H and O–H groups in total. The highest BCUT2D eigenvalue weighted by Gasteiger charge is 2.18. The topological polar surface area (TPSA) is 41.9 Å². The number of aliphatic hydroxyl groups is 1. The second-order valence-electron chi connectivity index (χ2n) is 5.69. The summed E-state index contributed by atoms with van der Waals surface area (Å²) in [5.41, 5.74) is 2.49. The third-order valence-electron chi connectivity index (χ3n) is 3.70. The van der Waals surface area contributed by atoms with Gasteiger partial charge in [0.05, 0.1) is 26.4 Å². The average molecular weight is 279 g/mol. The van der Waals surface area contributed by atoms with E-state index in [-0.39, 0.29) is 0 Å². The van der Waals surface area contributed by atoms with E-state index in [4.69, 9.17) is 9.47 Å². The minimum atomic E-state index is -0.406. The number of β-amino-alcohol motifs (C(OH)–C–C–N with tert-alkyl or cyclic N) is 1. The minimum Gasteiger partial charge on any atom is -0.496 e. The lowest BCUT2D eigenvalue weighted by Crippen LogP contribution is -2.32. The first-order valence-electron chi connectivity index (χ1n) is 7.25. The fourth-order valence-corrected chi connectivity index (χ4v) is 2.52. The highest BCUT2D eigenvalue weighted by Crippen LogP contribution is 2.25. The monoisotopic (exact) mass is 279 g/mol. The van der Waals surface area contributed by atoms with E-state index in [2.05, 4.69) is 30.9 Å². The number of aliphatic hydroxyl groups excluding tert-OH is 1. The molecule has 1 atom stereocenters. The van der Waals surface area contributed by atoms with Crippen LogP contribution in [0.4, 0.5) is 0 Å². The average Bonchev–Trinajstić information content (AvgIpc) is 2.63. The molecule has 4 heteroatoms. The standard InChI is InChI=1S/C16H25NO3/c1-12(2)13-4-5-16(19-3)14(8-13)9-17-6-7-20-11-15(18)10-17/h4-5,8,12,15,18H,6-7,9-11H2,1-3H3/t15-/m0/s1. The third-order valence-corrected chi connectivity index (χ3v) is 3.70. The summed E-state index contributed by atoms with van der Waals surface area (Å²) in [6.07, 6.45) is -0.406. The maximum atomic E-state index is 9.81. The van der Waals surface area contributed by atoms with E-state index in [0.29, 0.717) is 25.7 Å². The van der Waals surface area contributed by atoms with Crippen molar-refractivity contribution in [2.24, 2.45) is 0 Å². The molecule has 112 valence electrons. The van der Waals surface area contributed by atoms with E-state index in [1.165, 1.54) is 11.1 Å². The van der Waals surface area contributed by atoms with Crippen LogP contribution in [0.5, 0.6) is 5.75 Å². The predicted octanol–water partition coefficient (Wildman–Crippen LogP) is 2.01. The summed E-state index contributed by atoms with van der Waals surface area (Å²) < 4.78 is 10.8. The van der Waals surface area contributed by atoms with Gasteiger partial charge in [0.15, 0.2) is 0 Å². The van der Waals surface area contributed by atoms with Crippen molar-refractivity contribution in [1.29, 1.82) is 0 Å². The summed E-state index contributed by atoms with van der Waals surface area (Å²) in [4.78, 5) is 2.22. The van der Waals surface area contributed by atoms with E-state index in [9.17, 15) is 5.11 Å². The molecule has 1 aliphatic rings. The molecule has 2 rings (SSSR count). The number of nitrogens with zero attached hydrogens (tertiary/aromatic N) is 1. The molecule has 0 bridgehead atoms. The summed E-state index contributed by atoms with van der Waals surface area (Å²) in [6.45, 7) is 7.75. The van der Waals surface area contributed by atoms with Gasteiger partial charge in [-0.05, 0) is 17.5 Å². The molecule has 0 aromatic heterocycles. The summed E-state index contributed by atoms with van der Waals surface area (Å²) in [5, 5.41) is 9.81. The molecular weight excluding hydrogens is 254 g/mol. The molecule has 0 spiro atoms. The van der Waals surface area contributed by atoms with Gasteiger partial charge in [-0.2, -0.15) is 0 Å². The van der Waals surface area contributed by atoms with Crippen LogP contribution in [-0.4, -0.2) is 49.5 Å². The smallest absolute Gasteiger partial charge is 0.123 e. The number of benzene rings is 1. The van der Waals surface area contributed by atoms with Gasteiger partial charge in [-0.25, -0.2) is 0 Å². The van der Waals surface area contributed by atoms with Crippen LogP contribution in [0.1, 0.15) is 30.9 Å². The predicted molar refractivity (Wildman–Crippen MR) is 79.2 cm³/mol. The first-order chi connectivity index (χ1) is 9.60. The summed E-state index contributed by atoms with van der Waals surface area (Å²) in [5.74, 6) is 1.41. The molecule has 1 fully saturated rings. The van der Waals surface area contributed by atoms with Crippen molar-refractivity contribution >= 4 is 0 Å². The first kappa shape index (κ1) is 15.3.